The molecule has 0 radical (unpaired) electrons. The van der Waals surface area contributed by atoms with Gasteiger partial charge in [0.2, 0.25) is 0 Å². The number of esters is 1. The van der Waals surface area contributed by atoms with Gasteiger partial charge in [0.1, 0.15) is 11.5 Å². The molecule has 0 aromatic heterocycles. The number of carbonyl (C=O) groups is 3. The predicted molar refractivity (Wildman–Crippen MR) is 106 cm³/mol. The zero-order valence-electron chi connectivity index (χ0n) is 15.6. The molecular formula is C23H17NO5. The highest BCUT2D eigenvalue weighted by Gasteiger charge is 2.36. The van der Waals surface area contributed by atoms with E-state index >= 15 is 0 Å². The van der Waals surface area contributed by atoms with Crippen LogP contribution >= 0.6 is 0 Å². The number of carbonyl (C=O) groups excluding carboxylic acids is 3. The Labute approximate surface area is 167 Å². The van der Waals surface area contributed by atoms with Gasteiger partial charge in [-0.1, -0.05) is 30.3 Å². The van der Waals surface area contributed by atoms with E-state index in [2.05, 4.69) is 0 Å². The van der Waals surface area contributed by atoms with E-state index in [1.165, 1.54) is 6.07 Å². The number of anilines is 1. The largest absolute Gasteiger partial charge is 0.482 e. The third-order valence-corrected chi connectivity index (χ3v) is 4.45. The summed E-state index contributed by atoms with van der Waals surface area (Å²) in [5.41, 5.74) is 2.06. The number of nitrogens with zero attached hydrogens (tertiary/aromatic N) is 1. The van der Waals surface area contributed by atoms with Crippen molar-refractivity contribution < 1.29 is 23.9 Å². The lowest BCUT2D eigenvalue weighted by atomic mass is 10.1. The second-order valence-corrected chi connectivity index (χ2v) is 6.57. The molecule has 3 aromatic rings. The van der Waals surface area contributed by atoms with Crippen LogP contribution in [-0.4, -0.2) is 24.4 Å². The highest BCUT2D eigenvalue weighted by Crippen LogP contribution is 2.30. The molecule has 2 amide bonds. The lowest BCUT2D eigenvalue weighted by Gasteiger charge is -2.15. The van der Waals surface area contributed by atoms with Crippen LogP contribution in [0.2, 0.25) is 0 Å². The summed E-state index contributed by atoms with van der Waals surface area (Å²) in [5, 5.41) is 0. The molecule has 6 nitrogen and oxygen atoms in total. The molecule has 29 heavy (non-hydrogen) atoms. The van der Waals surface area contributed by atoms with Crippen LogP contribution in [0.25, 0.3) is 0 Å². The summed E-state index contributed by atoms with van der Waals surface area (Å²) >= 11 is 0. The van der Waals surface area contributed by atoms with Gasteiger partial charge in [-0.3, -0.25) is 9.59 Å². The first-order valence-corrected chi connectivity index (χ1v) is 9.01. The summed E-state index contributed by atoms with van der Waals surface area (Å²) < 4.78 is 10.7. The molecule has 0 unspecified atom stereocenters. The van der Waals surface area contributed by atoms with E-state index < -0.39 is 17.8 Å². The van der Waals surface area contributed by atoms with Gasteiger partial charge >= 0.3 is 5.97 Å². The predicted octanol–water partition coefficient (Wildman–Crippen LogP) is 3.78. The first-order chi connectivity index (χ1) is 14.0. The van der Waals surface area contributed by atoms with Crippen molar-refractivity contribution in [2.24, 2.45) is 0 Å². The molecule has 0 spiro atoms. The van der Waals surface area contributed by atoms with Crippen molar-refractivity contribution in [3.05, 3.63) is 89.5 Å². The van der Waals surface area contributed by atoms with Crippen molar-refractivity contribution in [1.29, 1.82) is 0 Å². The molecule has 6 heteroatoms. The number of ether oxygens (including phenoxy) is 2. The smallest absolute Gasteiger partial charge is 0.349 e. The fourth-order valence-electron chi connectivity index (χ4n) is 3.12. The van der Waals surface area contributed by atoms with Crippen LogP contribution in [0.5, 0.6) is 11.5 Å². The Hall–Kier alpha value is -3.93. The number of hydrogen-bond donors (Lipinski definition) is 0. The van der Waals surface area contributed by atoms with Gasteiger partial charge in [0.25, 0.3) is 11.8 Å². The second kappa shape index (κ2) is 7.59. The first-order valence-electron chi connectivity index (χ1n) is 9.01. The quantitative estimate of drug-likeness (QED) is 0.378. The highest BCUT2D eigenvalue weighted by atomic mass is 16.6. The van der Waals surface area contributed by atoms with Gasteiger partial charge in [0.05, 0.1) is 16.8 Å². The van der Waals surface area contributed by atoms with Crippen LogP contribution in [0.4, 0.5) is 5.69 Å². The van der Waals surface area contributed by atoms with Gasteiger partial charge in [-0.15, -0.1) is 0 Å². The monoisotopic (exact) mass is 387 g/mol. The fraction of sp³-hybridized carbons (Fsp3) is 0.0870. The number of amides is 2. The molecule has 3 aromatic carbocycles. The number of aryl methyl sites for hydroxylation is 1. The maximum atomic E-state index is 12.6. The van der Waals surface area contributed by atoms with Crippen molar-refractivity contribution in [2.75, 3.05) is 11.5 Å². The number of rotatable bonds is 5. The zero-order chi connectivity index (χ0) is 20.4. The number of fused-ring (bicyclic) bond motifs is 1. The first kappa shape index (κ1) is 18.4. The van der Waals surface area contributed by atoms with E-state index in [0.29, 0.717) is 22.6 Å². The van der Waals surface area contributed by atoms with Gasteiger partial charge < -0.3 is 9.47 Å². The standard InChI is InChI=1S/C23H17NO5/c1-15-6-4-8-17(12-15)28-14-21(25)29-18-9-5-7-16(13-18)24-22(26)19-10-2-3-11-20(19)23(24)27/h2-13H,14H2,1H3. The SMILES string of the molecule is Cc1cccc(OCC(=O)Oc2cccc(N3C(=O)c4ccccc4C3=O)c2)c1. The Kier molecular flexibility index (Phi) is 4.83. The Balaban J connectivity index is 1.46. The summed E-state index contributed by atoms with van der Waals surface area (Å²) in [6.07, 6.45) is 0. The molecule has 144 valence electrons. The van der Waals surface area contributed by atoms with Crippen molar-refractivity contribution in [1.82, 2.24) is 0 Å². The van der Waals surface area contributed by atoms with Crippen LogP contribution in [0.15, 0.2) is 72.8 Å². The van der Waals surface area contributed by atoms with Crippen molar-refractivity contribution in [3.63, 3.8) is 0 Å². The molecule has 0 saturated heterocycles. The second-order valence-electron chi connectivity index (χ2n) is 6.57. The summed E-state index contributed by atoms with van der Waals surface area (Å²) in [5.74, 6) is -0.613. The van der Waals surface area contributed by atoms with Crippen LogP contribution in [-0.2, 0) is 4.79 Å². The molecule has 1 aliphatic rings. The summed E-state index contributed by atoms with van der Waals surface area (Å²) in [7, 11) is 0. The van der Waals surface area contributed by atoms with E-state index in [4.69, 9.17) is 9.47 Å². The number of imide groups is 1. The maximum absolute atomic E-state index is 12.6. The van der Waals surface area contributed by atoms with Crippen molar-refractivity contribution >= 4 is 23.5 Å². The average Bonchev–Trinajstić information content (AvgIpc) is 2.97. The molecule has 0 atom stereocenters. The molecule has 0 aliphatic carbocycles. The fourth-order valence-corrected chi connectivity index (χ4v) is 3.12. The summed E-state index contributed by atoms with van der Waals surface area (Å²) in [6.45, 7) is 1.66. The topological polar surface area (TPSA) is 72.9 Å². The van der Waals surface area contributed by atoms with Gasteiger partial charge in [0.15, 0.2) is 6.61 Å². The van der Waals surface area contributed by atoms with E-state index in [0.717, 1.165) is 10.5 Å². The lowest BCUT2D eigenvalue weighted by Crippen LogP contribution is -2.29. The Morgan fingerprint density at radius 1 is 0.828 bits per heavy atom. The molecule has 4 rings (SSSR count). The number of hydrogen-bond acceptors (Lipinski definition) is 5. The third-order valence-electron chi connectivity index (χ3n) is 4.45. The van der Waals surface area contributed by atoms with E-state index in [1.54, 1.807) is 48.5 Å². The summed E-state index contributed by atoms with van der Waals surface area (Å²) in [6, 6.07) is 20.3. The van der Waals surface area contributed by atoms with Crippen LogP contribution < -0.4 is 14.4 Å². The molecule has 0 saturated carbocycles. The molecule has 1 aliphatic heterocycles. The van der Waals surface area contributed by atoms with Crippen LogP contribution in [0.3, 0.4) is 0 Å². The zero-order valence-corrected chi connectivity index (χ0v) is 15.6. The van der Waals surface area contributed by atoms with Crippen molar-refractivity contribution in [3.8, 4) is 11.5 Å². The van der Waals surface area contributed by atoms with E-state index in [-0.39, 0.29) is 12.4 Å². The van der Waals surface area contributed by atoms with E-state index in [1.807, 2.05) is 25.1 Å². The maximum Gasteiger partial charge on any atom is 0.349 e. The van der Waals surface area contributed by atoms with Gasteiger partial charge in [-0.2, -0.15) is 0 Å². The number of benzene rings is 3. The van der Waals surface area contributed by atoms with Crippen molar-refractivity contribution in [2.45, 2.75) is 6.92 Å². The normalized spacial score (nSPS) is 12.7. The Morgan fingerprint density at radius 3 is 2.17 bits per heavy atom. The van der Waals surface area contributed by atoms with Crippen LogP contribution in [0, 0.1) is 6.92 Å². The summed E-state index contributed by atoms with van der Waals surface area (Å²) in [4.78, 5) is 38.4. The van der Waals surface area contributed by atoms with Gasteiger partial charge in [0, 0.05) is 6.07 Å². The highest BCUT2D eigenvalue weighted by molar-refractivity contribution is 6.34. The van der Waals surface area contributed by atoms with Gasteiger partial charge in [-0.25, -0.2) is 9.69 Å². The minimum Gasteiger partial charge on any atom is -0.482 e. The minimum absolute atomic E-state index is 0.219. The van der Waals surface area contributed by atoms with Gasteiger partial charge in [-0.05, 0) is 48.9 Å². The van der Waals surface area contributed by atoms with Crippen LogP contribution in [0.1, 0.15) is 26.3 Å². The average molecular weight is 387 g/mol. The molecule has 0 fully saturated rings. The molecule has 0 bridgehead atoms. The lowest BCUT2D eigenvalue weighted by molar-refractivity contribution is -0.136. The minimum atomic E-state index is -0.592. The third kappa shape index (κ3) is 3.73. The Morgan fingerprint density at radius 2 is 1.48 bits per heavy atom. The molecule has 1 heterocycles. The Bertz CT molecular complexity index is 1090. The molecule has 0 N–H and O–H groups in total. The molecular weight excluding hydrogens is 370 g/mol. The van der Waals surface area contributed by atoms with E-state index in [9.17, 15) is 14.4 Å².